The molecule has 0 saturated heterocycles. The van der Waals surface area contributed by atoms with Gasteiger partial charge in [-0.2, -0.15) is 0 Å². The highest BCUT2D eigenvalue weighted by atomic mass is 16.5. The van der Waals surface area contributed by atoms with Gasteiger partial charge in [0.05, 0.1) is 13.2 Å². The highest BCUT2D eigenvalue weighted by Crippen LogP contribution is 2.37. The summed E-state index contributed by atoms with van der Waals surface area (Å²) in [5.74, 6) is 1.71. The van der Waals surface area contributed by atoms with Crippen LogP contribution >= 0.6 is 0 Å². The molecule has 1 nitrogen and oxygen atoms in total. The molecule has 0 N–H and O–H groups in total. The summed E-state index contributed by atoms with van der Waals surface area (Å²) in [7, 11) is 0. The van der Waals surface area contributed by atoms with Crippen LogP contribution in [0.15, 0.2) is 48.6 Å². The van der Waals surface area contributed by atoms with Gasteiger partial charge in [-0.3, -0.25) is 0 Å². The van der Waals surface area contributed by atoms with E-state index in [0.29, 0.717) is 13.2 Å². The van der Waals surface area contributed by atoms with Crippen molar-refractivity contribution in [2.75, 3.05) is 6.61 Å². The lowest BCUT2D eigenvalue weighted by Crippen LogP contribution is -2.13. The lowest BCUT2D eigenvalue weighted by atomic mass is 9.77. The largest absolute Gasteiger partial charge is 0.373 e. The van der Waals surface area contributed by atoms with Crippen molar-refractivity contribution >= 4 is 0 Å². The fourth-order valence-corrected chi connectivity index (χ4v) is 3.65. The molecule has 1 aliphatic carbocycles. The first-order chi connectivity index (χ1) is 11.8. The molecule has 0 aromatic heterocycles. The van der Waals surface area contributed by atoms with E-state index in [-0.39, 0.29) is 0 Å². The Morgan fingerprint density at radius 2 is 1.75 bits per heavy atom. The van der Waals surface area contributed by atoms with E-state index >= 15 is 0 Å². The van der Waals surface area contributed by atoms with Crippen molar-refractivity contribution in [3.63, 3.8) is 0 Å². The van der Waals surface area contributed by atoms with Crippen molar-refractivity contribution in [2.45, 2.75) is 71.3 Å². The quantitative estimate of drug-likeness (QED) is 0.358. The standard InChI is InChI=1S/C23H34O/c1-3-5-7-9-20-10-14-22(15-11-20)23-16-12-21(13-17-23)19-24-18-8-6-4-2/h3,5-6,8,12-13,16-17,20,22H,4,7,9-11,14-15,18-19H2,1-2H3/b5-3+,8-6+. The van der Waals surface area contributed by atoms with Crippen LogP contribution in [0.25, 0.3) is 0 Å². The van der Waals surface area contributed by atoms with Crippen LogP contribution in [0.5, 0.6) is 0 Å². The molecule has 0 atom stereocenters. The molecule has 0 radical (unpaired) electrons. The summed E-state index contributed by atoms with van der Waals surface area (Å²) in [4.78, 5) is 0. The second-order valence-electron chi connectivity index (χ2n) is 7.00. The third-order valence-electron chi connectivity index (χ3n) is 5.16. The summed E-state index contributed by atoms with van der Waals surface area (Å²) in [6.45, 7) is 5.69. The molecule has 24 heavy (non-hydrogen) atoms. The first kappa shape index (κ1) is 19.0. The normalized spacial score (nSPS) is 21.8. The van der Waals surface area contributed by atoms with E-state index in [1.807, 2.05) is 0 Å². The highest BCUT2D eigenvalue weighted by Gasteiger charge is 2.21. The minimum absolute atomic E-state index is 0.714. The molecule has 1 heteroatoms. The summed E-state index contributed by atoms with van der Waals surface area (Å²) in [6.07, 6.45) is 18.0. The summed E-state index contributed by atoms with van der Waals surface area (Å²) < 4.78 is 5.68. The van der Waals surface area contributed by atoms with E-state index in [1.54, 1.807) is 0 Å². The summed E-state index contributed by atoms with van der Waals surface area (Å²) in [5, 5.41) is 0. The zero-order valence-electron chi connectivity index (χ0n) is 15.5. The van der Waals surface area contributed by atoms with Crippen LogP contribution in [0.1, 0.15) is 75.8 Å². The molecule has 1 aliphatic rings. The zero-order chi connectivity index (χ0) is 17.0. The molecule has 0 unspecified atom stereocenters. The summed E-state index contributed by atoms with van der Waals surface area (Å²) in [5.41, 5.74) is 2.81. The molecule has 0 spiro atoms. The van der Waals surface area contributed by atoms with Crippen LogP contribution in [0, 0.1) is 5.92 Å². The first-order valence-electron chi connectivity index (χ1n) is 9.76. The van der Waals surface area contributed by atoms with Gasteiger partial charge >= 0.3 is 0 Å². The van der Waals surface area contributed by atoms with Gasteiger partial charge in [0.2, 0.25) is 0 Å². The molecule has 132 valence electrons. The van der Waals surface area contributed by atoms with E-state index in [9.17, 15) is 0 Å². The number of hydrogen-bond acceptors (Lipinski definition) is 1. The fraction of sp³-hybridized carbons (Fsp3) is 0.565. The molecule has 1 fully saturated rings. The van der Waals surface area contributed by atoms with Crippen molar-refractivity contribution in [3.8, 4) is 0 Å². The van der Waals surface area contributed by atoms with Crippen LogP contribution in [0.2, 0.25) is 0 Å². The molecule has 0 amide bonds. The third kappa shape index (κ3) is 6.65. The monoisotopic (exact) mass is 326 g/mol. The topological polar surface area (TPSA) is 9.23 Å². The minimum Gasteiger partial charge on any atom is -0.373 e. The number of hydrogen-bond donors (Lipinski definition) is 0. The SMILES string of the molecule is C/C=C/CCC1CCC(c2ccc(COC/C=C/CC)cc2)CC1. The third-order valence-corrected chi connectivity index (χ3v) is 5.16. The molecule has 1 aromatic rings. The van der Waals surface area contributed by atoms with Gasteiger partial charge in [0.1, 0.15) is 0 Å². The first-order valence-corrected chi connectivity index (χ1v) is 9.76. The maximum Gasteiger partial charge on any atom is 0.0721 e. The predicted octanol–water partition coefficient (Wildman–Crippen LogP) is 6.80. The van der Waals surface area contributed by atoms with Gasteiger partial charge in [0, 0.05) is 0 Å². The second-order valence-corrected chi connectivity index (χ2v) is 7.00. The maximum atomic E-state index is 5.68. The van der Waals surface area contributed by atoms with Gasteiger partial charge < -0.3 is 4.74 Å². The van der Waals surface area contributed by atoms with Crippen molar-refractivity contribution in [1.29, 1.82) is 0 Å². The fourth-order valence-electron chi connectivity index (χ4n) is 3.65. The van der Waals surface area contributed by atoms with Gasteiger partial charge in [0.25, 0.3) is 0 Å². The second kappa shape index (κ2) is 11.3. The van der Waals surface area contributed by atoms with Gasteiger partial charge in [-0.15, -0.1) is 0 Å². The van der Waals surface area contributed by atoms with E-state index in [1.165, 1.54) is 49.7 Å². The van der Waals surface area contributed by atoms with Crippen LogP contribution in [0.3, 0.4) is 0 Å². The molecule has 0 bridgehead atoms. The Balaban J connectivity index is 1.72. The van der Waals surface area contributed by atoms with Gasteiger partial charge in [-0.05, 0) is 74.8 Å². The Kier molecular flexibility index (Phi) is 8.91. The Bertz CT molecular complexity index is 489. The maximum absolute atomic E-state index is 5.68. The molecular weight excluding hydrogens is 292 g/mol. The number of rotatable bonds is 9. The smallest absolute Gasteiger partial charge is 0.0721 e. The molecular formula is C23H34O. The average Bonchev–Trinajstić information content (AvgIpc) is 2.63. The Morgan fingerprint density at radius 3 is 2.42 bits per heavy atom. The molecule has 0 aliphatic heterocycles. The van der Waals surface area contributed by atoms with Crippen molar-refractivity contribution in [2.24, 2.45) is 5.92 Å². The molecule has 1 saturated carbocycles. The van der Waals surface area contributed by atoms with Crippen LogP contribution in [-0.4, -0.2) is 6.61 Å². The van der Waals surface area contributed by atoms with E-state index < -0.39 is 0 Å². The van der Waals surface area contributed by atoms with Crippen LogP contribution < -0.4 is 0 Å². The van der Waals surface area contributed by atoms with Crippen LogP contribution in [-0.2, 0) is 11.3 Å². The number of benzene rings is 1. The van der Waals surface area contributed by atoms with Crippen molar-refractivity contribution in [1.82, 2.24) is 0 Å². The number of allylic oxidation sites excluding steroid dienone is 3. The van der Waals surface area contributed by atoms with Crippen molar-refractivity contribution in [3.05, 3.63) is 59.7 Å². The van der Waals surface area contributed by atoms with E-state index in [2.05, 4.69) is 62.4 Å². The van der Waals surface area contributed by atoms with Gasteiger partial charge in [-0.1, -0.05) is 55.5 Å². The summed E-state index contributed by atoms with van der Waals surface area (Å²) in [6, 6.07) is 9.14. The van der Waals surface area contributed by atoms with Crippen LogP contribution in [0.4, 0.5) is 0 Å². The lowest BCUT2D eigenvalue weighted by molar-refractivity contribution is 0.148. The Labute approximate surface area is 148 Å². The Morgan fingerprint density at radius 1 is 1.00 bits per heavy atom. The van der Waals surface area contributed by atoms with E-state index in [0.717, 1.165) is 18.3 Å². The lowest BCUT2D eigenvalue weighted by Gasteiger charge is -2.28. The zero-order valence-corrected chi connectivity index (χ0v) is 15.5. The highest BCUT2D eigenvalue weighted by molar-refractivity contribution is 5.25. The number of ether oxygens (including phenoxy) is 1. The average molecular weight is 327 g/mol. The molecule has 2 rings (SSSR count). The van der Waals surface area contributed by atoms with E-state index in [4.69, 9.17) is 4.74 Å². The Hall–Kier alpha value is -1.34. The predicted molar refractivity (Wildman–Crippen MR) is 104 cm³/mol. The molecule has 0 heterocycles. The minimum atomic E-state index is 0.714. The van der Waals surface area contributed by atoms with Gasteiger partial charge in [-0.25, -0.2) is 0 Å². The molecule has 1 aromatic carbocycles. The van der Waals surface area contributed by atoms with Crippen molar-refractivity contribution < 1.29 is 4.74 Å². The summed E-state index contributed by atoms with van der Waals surface area (Å²) >= 11 is 0. The van der Waals surface area contributed by atoms with Gasteiger partial charge in [0.15, 0.2) is 0 Å².